The van der Waals surface area contributed by atoms with E-state index in [0.29, 0.717) is 6.61 Å². The fourth-order valence-corrected chi connectivity index (χ4v) is 3.24. The van der Waals surface area contributed by atoms with Gasteiger partial charge in [-0.05, 0) is 32.9 Å². The average Bonchev–Trinajstić information content (AvgIpc) is 3.03. The van der Waals surface area contributed by atoms with Crippen LogP contribution in [-0.2, 0) is 4.74 Å². The minimum absolute atomic E-state index is 0.00546. The Bertz CT molecular complexity index is 598. The maximum atomic E-state index is 5.75. The number of hydrogen-bond acceptors (Lipinski definition) is 4. The molecule has 5 nitrogen and oxygen atoms in total. The van der Waals surface area contributed by atoms with Gasteiger partial charge in [0.2, 0.25) is 0 Å². The van der Waals surface area contributed by atoms with Crippen LogP contribution in [0.4, 0.5) is 0 Å². The third-order valence-corrected chi connectivity index (χ3v) is 4.50. The highest BCUT2D eigenvalue weighted by Crippen LogP contribution is 2.22. The maximum absolute atomic E-state index is 5.75. The zero-order chi connectivity index (χ0) is 17.4. The Morgan fingerprint density at radius 1 is 1.33 bits per heavy atom. The number of fused-ring (bicyclic) bond motifs is 1. The molecule has 2 heterocycles. The summed E-state index contributed by atoms with van der Waals surface area (Å²) in [7, 11) is 1.92. The van der Waals surface area contributed by atoms with Crippen LogP contribution in [0.5, 0.6) is 0 Å². The van der Waals surface area contributed by atoms with Crippen molar-refractivity contribution < 1.29 is 4.74 Å². The summed E-state index contributed by atoms with van der Waals surface area (Å²) in [6.07, 6.45) is 9.19. The molecular formula is C19H32N4O. The summed E-state index contributed by atoms with van der Waals surface area (Å²) in [5.41, 5.74) is 2.88. The van der Waals surface area contributed by atoms with Crippen LogP contribution >= 0.6 is 0 Å². The Morgan fingerprint density at radius 2 is 2.08 bits per heavy atom. The molecule has 1 atom stereocenters. The van der Waals surface area contributed by atoms with E-state index in [1.807, 2.05) is 37.5 Å². The average molecular weight is 332 g/mol. The van der Waals surface area contributed by atoms with E-state index in [-0.39, 0.29) is 6.10 Å². The lowest BCUT2D eigenvalue weighted by Gasteiger charge is -2.18. The molecule has 0 saturated heterocycles. The van der Waals surface area contributed by atoms with Gasteiger partial charge in [0.15, 0.2) is 5.65 Å². The van der Waals surface area contributed by atoms with Gasteiger partial charge in [0, 0.05) is 24.9 Å². The number of rotatable bonds is 5. The van der Waals surface area contributed by atoms with Gasteiger partial charge in [-0.15, -0.1) is 0 Å². The Hall–Kier alpha value is -1.46. The zero-order valence-corrected chi connectivity index (χ0v) is 15.6. The topological polar surface area (TPSA) is 51.5 Å². The number of likely N-dealkylation sites (N-methyl/N-ethyl adjacent to an activating group) is 1. The van der Waals surface area contributed by atoms with E-state index < -0.39 is 0 Å². The van der Waals surface area contributed by atoms with Crippen LogP contribution in [0.1, 0.15) is 63.4 Å². The Labute approximate surface area is 145 Å². The molecule has 2 aromatic heterocycles. The highest BCUT2D eigenvalue weighted by molar-refractivity contribution is 5.39. The van der Waals surface area contributed by atoms with Gasteiger partial charge in [0.25, 0.3) is 0 Å². The van der Waals surface area contributed by atoms with Gasteiger partial charge in [-0.3, -0.25) is 0 Å². The van der Waals surface area contributed by atoms with Crippen LogP contribution in [0, 0.1) is 12.8 Å². The first-order valence-electron chi connectivity index (χ1n) is 9.23. The monoisotopic (exact) mass is 332 g/mol. The number of aryl methyl sites for hydroxylation is 1. The minimum atomic E-state index is -0.00546. The van der Waals surface area contributed by atoms with E-state index >= 15 is 0 Å². The highest BCUT2D eigenvalue weighted by Gasteiger charge is 2.16. The second-order valence-electron chi connectivity index (χ2n) is 6.67. The molecule has 1 N–H and O–H groups in total. The Morgan fingerprint density at radius 3 is 2.67 bits per heavy atom. The fourth-order valence-electron chi connectivity index (χ4n) is 3.24. The number of hydrogen-bond donors (Lipinski definition) is 1. The van der Waals surface area contributed by atoms with Gasteiger partial charge in [-0.1, -0.05) is 39.0 Å². The maximum Gasteiger partial charge on any atom is 0.155 e. The van der Waals surface area contributed by atoms with Crippen molar-refractivity contribution in [3.63, 3.8) is 0 Å². The SMILES string of the molecule is CC1CCCCC1.CCOC(CNC)c1cc(C)nc2ccnn12. The molecular weight excluding hydrogens is 300 g/mol. The van der Waals surface area contributed by atoms with Crippen LogP contribution in [0.2, 0.25) is 0 Å². The number of nitrogens with zero attached hydrogens (tertiary/aromatic N) is 3. The molecule has 0 aromatic carbocycles. The molecule has 5 heteroatoms. The van der Waals surface area contributed by atoms with Crippen LogP contribution in [0.25, 0.3) is 5.65 Å². The zero-order valence-electron chi connectivity index (χ0n) is 15.6. The lowest BCUT2D eigenvalue weighted by atomic mass is 9.91. The second-order valence-corrected chi connectivity index (χ2v) is 6.67. The molecule has 0 aliphatic heterocycles. The first-order chi connectivity index (χ1) is 11.7. The molecule has 1 unspecified atom stereocenters. The van der Waals surface area contributed by atoms with Crippen molar-refractivity contribution >= 4 is 5.65 Å². The number of ether oxygens (including phenoxy) is 1. The van der Waals surface area contributed by atoms with Gasteiger partial charge < -0.3 is 10.1 Å². The molecule has 0 amide bonds. The Balaban J connectivity index is 0.000000249. The number of aromatic nitrogens is 3. The van der Waals surface area contributed by atoms with Crippen molar-refractivity contribution in [2.75, 3.05) is 20.2 Å². The van der Waals surface area contributed by atoms with Crippen molar-refractivity contribution in [3.05, 3.63) is 29.7 Å². The van der Waals surface area contributed by atoms with Crippen LogP contribution in [-0.4, -0.2) is 34.8 Å². The summed E-state index contributed by atoms with van der Waals surface area (Å²) >= 11 is 0. The first-order valence-corrected chi connectivity index (χ1v) is 9.23. The third kappa shape index (κ3) is 5.28. The molecule has 0 spiro atoms. The summed E-state index contributed by atoms with van der Waals surface area (Å²) < 4.78 is 7.59. The summed E-state index contributed by atoms with van der Waals surface area (Å²) in [5.74, 6) is 1.04. The second kappa shape index (κ2) is 9.74. The van der Waals surface area contributed by atoms with E-state index in [9.17, 15) is 0 Å². The van der Waals surface area contributed by atoms with E-state index in [4.69, 9.17) is 4.74 Å². The van der Waals surface area contributed by atoms with Crippen molar-refractivity contribution in [2.45, 2.75) is 59.0 Å². The van der Waals surface area contributed by atoms with Crippen molar-refractivity contribution in [3.8, 4) is 0 Å². The lowest BCUT2D eigenvalue weighted by molar-refractivity contribution is 0.0591. The predicted molar refractivity (Wildman–Crippen MR) is 98.3 cm³/mol. The largest absolute Gasteiger partial charge is 0.371 e. The quantitative estimate of drug-likeness (QED) is 0.901. The molecule has 1 saturated carbocycles. The van der Waals surface area contributed by atoms with Gasteiger partial charge in [0.05, 0.1) is 11.9 Å². The molecule has 134 valence electrons. The predicted octanol–water partition coefficient (Wildman–Crippen LogP) is 3.92. The van der Waals surface area contributed by atoms with Crippen molar-refractivity contribution in [2.24, 2.45) is 5.92 Å². The summed E-state index contributed by atoms with van der Waals surface area (Å²) in [6, 6.07) is 3.93. The van der Waals surface area contributed by atoms with Gasteiger partial charge in [0.1, 0.15) is 6.10 Å². The molecule has 1 fully saturated rings. The van der Waals surface area contributed by atoms with Crippen LogP contribution in [0.3, 0.4) is 0 Å². The lowest BCUT2D eigenvalue weighted by Crippen LogP contribution is -2.22. The molecule has 0 radical (unpaired) electrons. The first kappa shape index (κ1) is 18.9. The molecule has 1 aliphatic carbocycles. The normalized spacial score (nSPS) is 16.7. The van der Waals surface area contributed by atoms with E-state index in [1.165, 1.54) is 32.1 Å². The summed E-state index contributed by atoms with van der Waals surface area (Å²) in [6.45, 7) is 7.78. The molecule has 2 aromatic rings. The molecule has 1 aliphatic rings. The van der Waals surface area contributed by atoms with E-state index in [0.717, 1.165) is 29.5 Å². The minimum Gasteiger partial charge on any atom is -0.371 e. The fraction of sp³-hybridized carbons (Fsp3) is 0.684. The number of nitrogens with one attached hydrogen (secondary N) is 1. The third-order valence-electron chi connectivity index (χ3n) is 4.50. The van der Waals surface area contributed by atoms with Gasteiger partial charge in [-0.25, -0.2) is 9.50 Å². The summed E-state index contributed by atoms with van der Waals surface area (Å²) in [4.78, 5) is 4.42. The summed E-state index contributed by atoms with van der Waals surface area (Å²) in [5, 5.41) is 7.43. The van der Waals surface area contributed by atoms with Gasteiger partial charge in [-0.2, -0.15) is 5.10 Å². The molecule has 0 bridgehead atoms. The Kier molecular flexibility index (Phi) is 7.66. The van der Waals surface area contributed by atoms with E-state index in [2.05, 4.69) is 22.3 Å². The highest BCUT2D eigenvalue weighted by atomic mass is 16.5. The van der Waals surface area contributed by atoms with Crippen molar-refractivity contribution in [1.82, 2.24) is 19.9 Å². The van der Waals surface area contributed by atoms with Crippen LogP contribution < -0.4 is 5.32 Å². The smallest absolute Gasteiger partial charge is 0.155 e. The molecule has 24 heavy (non-hydrogen) atoms. The molecule has 3 rings (SSSR count). The van der Waals surface area contributed by atoms with Gasteiger partial charge >= 0.3 is 0 Å². The van der Waals surface area contributed by atoms with Crippen molar-refractivity contribution in [1.29, 1.82) is 0 Å². The standard InChI is InChI=1S/C12H18N4O.C7H14/c1-4-17-11(8-13-3)10-7-9(2)15-12-5-6-14-16(10)12;1-7-5-3-2-4-6-7/h5-7,11,13H,4,8H2,1-3H3;7H,2-6H2,1H3. The van der Waals surface area contributed by atoms with E-state index in [1.54, 1.807) is 6.20 Å². The van der Waals surface area contributed by atoms with Crippen LogP contribution in [0.15, 0.2) is 18.3 Å².